The molecule has 6 heteroatoms. The molecule has 2 aromatic heterocycles. The summed E-state index contributed by atoms with van der Waals surface area (Å²) < 4.78 is 1.90. The average Bonchev–Trinajstić information content (AvgIpc) is 2.78. The van der Waals surface area contributed by atoms with E-state index in [9.17, 15) is 0 Å². The van der Waals surface area contributed by atoms with Gasteiger partial charge >= 0.3 is 0 Å². The number of nitrogens with zero attached hydrogens (tertiary/aromatic N) is 3. The Morgan fingerprint density at radius 2 is 2.17 bits per heavy atom. The number of pyridine rings is 1. The number of nitrogens with two attached hydrogens (primary N) is 1. The predicted octanol–water partition coefficient (Wildman–Crippen LogP) is 2.24. The summed E-state index contributed by atoms with van der Waals surface area (Å²) in [5.41, 5.74) is 6.99. The van der Waals surface area contributed by atoms with Crippen molar-refractivity contribution in [3.8, 4) is 0 Å². The Balaban J connectivity index is 2.18. The summed E-state index contributed by atoms with van der Waals surface area (Å²) in [5.74, 6) is 0.926. The van der Waals surface area contributed by atoms with E-state index in [0.717, 1.165) is 11.5 Å². The first kappa shape index (κ1) is 12.5. The van der Waals surface area contributed by atoms with Crippen LogP contribution in [0.4, 0.5) is 11.5 Å². The van der Waals surface area contributed by atoms with E-state index in [-0.39, 0.29) is 0 Å². The molecule has 0 bridgehead atoms. The molecule has 0 amide bonds. The molecule has 3 N–H and O–H groups in total. The van der Waals surface area contributed by atoms with Crippen molar-refractivity contribution in [2.24, 2.45) is 5.73 Å². The van der Waals surface area contributed by atoms with Gasteiger partial charge in [0.15, 0.2) is 0 Å². The molecule has 0 aliphatic rings. The Hall–Kier alpha value is -1.95. The van der Waals surface area contributed by atoms with Gasteiger partial charge in [-0.1, -0.05) is 12.2 Å². The molecule has 0 saturated heterocycles. The minimum absolute atomic E-state index is 0.298. The molecule has 18 heavy (non-hydrogen) atoms. The fraction of sp³-hybridized carbons (Fsp3) is 0.250. The van der Waals surface area contributed by atoms with Crippen molar-refractivity contribution in [1.29, 1.82) is 0 Å². The Morgan fingerprint density at radius 3 is 2.72 bits per heavy atom. The Kier molecular flexibility index (Phi) is 3.57. The Morgan fingerprint density at radius 1 is 1.39 bits per heavy atom. The number of anilines is 2. The zero-order valence-corrected chi connectivity index (χ0v) is 11.1. The van der Waals surface area contributed by atoms with Crippen molar-refractivity contribution in [2.75, 3.05) is 5.32 Å². The van der Waals surface area contributed by atoms with Gasteiger partial charge in [0.25, 0.3) is 0 Å². The number of hydrogen-bond donors (Lipinski definition) is 2. The quantitative estimate of drug-likeness (QED) is 0.826. The molecule has 0 aromatic carbocycles. The van der Waals surface area contributed by atoms with E-state index in [1.807, 2.05) is 16.8 Å². The van der Waals surface area contributed by atoms with Crippen LogP contribution in [0.3, 0.4) is 0 Å². The van der Waals surface area contributed by atoms with E-state index < -0.39 is 0 Å². The summed E-state index contributed by atoms with van der Waals surface area (Å²) in [5, 5.41) is 7.50. The largest absolute Gasteiger partial charge is 0.388 e. The molecule has 5 nitrogen and oxygen atoms in total. The first-order valence-corrected chi connectivity index (χ1v) is 6.05. The molecule has 2 aromatic rings. The highest BCUT2D eigenvalue weighted by Crippen LogP contribution is 2.18. The molecule has 0 fully saturated rings. The van der Waals surface area contributed by atoms with Gasteiger partial charge < -0.3 is 11.1 Å². The first-order chi connectivity index (χ1) is 8.58. The van der Waals surface area contributed by atoms with E-state index in [0.29, 0.717) is 16.7 Å². The minimum Gasteiger partial charge on any atom is -0.388 e. The molecule has 0 radical (unpaired) electrons. The second kappa shape index (κ2) is 5.14. The monoisotopic (exact) mass is 261 g/mol. The van der Waals surface area contributed by atoms with Crippen molar-refractivity contribution in [3.05, 3.63) is 36.3 Å². The maximum absolute atomic E-state index is 5.50. The summed E-state index contributed by atoms with van der Waals surface area (Å²) in [7, 11) is 0. The van der Waals surface area contributed by atoms with Crippen LogP contribution in [0.5, 0.6) is 0 Å². The third kappa shape index (κ3) is 2.65. The molecule has 94 valence electrons. The van der Waals surface area contributed by atoms with Crippen LogP contribution in [0.15, 0.2) is 30.6 Å². The van der Waals surface area contributed by atoms with Gasteiger partial charge in [0.05, 0.1) is 23.8 Å². The van der Waals surface area contributed by atoms with E-state index in [1.165, 1.54) is 0 Å². The van der Waals surface area contributed by atoms with Gasteiger partial charge in [-0.2, -0.15) is 5.10 Å². The minimum atomic E-state index is 0.298. The second-order valence-electron chi connectivity index (χ2n) is 4.18. The lowest BCUT2D eigenvalue weighted by atomic mass is 10.3. The molecule has 0 unspecified atom stereocenters. The molecular formula is C12H15N5S. The number of rotatable bonds is 4. The second-order valence-corrected chi connectivity index (χ2v) is 4.62. The lowest BCUT2D eigenvalue weighted by Gasteiger charge is -2.12. The summed E-state index contributed by atoms with van der Waals surface area (Å²) >= 11 is 4.86. The Bertz CT molecular complexity index is 544. The summed E-state index contributed by atoms with van der Waals surface area (Å²) in [6.45, 7) is 4.15. The van der Waals surface area contributed by atoms with Gasteiger partial charge in [0, 0.05) is 12.1 Å². The molecule has 2 rings (SSSR count). The smallest absolute Gasteiger partial charge is 0.128 e. The lowest BCUT2D eigenvalue weighted by molar-refractivity contribution is 0.540. The van der Waals surface area contributed by atoms with Crippen LogP contribution in [-0.4, -0.2) is 19.8 Å². The number of aromatic nitrogens is 3. The van der Waals surface area contributed by atoms with Gasteiger partial charge in [0.1, 0.15) is 10.8 Å². The lowest BCUT2D eigenvalue weighted by Crippen LogP contribution is -2.11. The van der Waals surface area contributed by atoms with E-state index in [4.69, 9.17) is 18.0 Å². The fourth-order valence-electron chi connectivity index (χ4n) is 1.59. The van der Waals surface area contributed by atoms with Crippen LogP contribution in [0.2, 0.25) is 0 Å². The number of thiocarbonyl (C=S) groups is 1. The normalized spacial score (nSPS) is 10.6. The summed E-state index contributed by atoms with van der Waals surface area (Å²) in [6.07, 6.45) is 3.46. The highest BCUT2D eigenvalue weighted by Gasteiger charge is 2.06. The third-order valence-corrected chi connectivity index (χ3v) is 2.66. The summed E-state index contributed by atoms with van der Waals surface area (Å²) in [6, 6.07) is 5.90. The van der Waals surface area contributed by atoms with Gasteiger partial charge in [0.2, 0.25) is 0 Å². The van der Waals surface area contributed by atoms with Crippen molar-refractivity contribution in [1.82, 2.24) is 14.8 Å². The van der Waals surface area contributed by atoms with Crippen molar-refractivity contribution in [3.63, 3.8) is 0 Å². The van der Waals surface area contributed by atoms with Crippen molar-refractivity contribution in [2.45, 2.75) is 19.9 Å². The molecule has 0 saturated carbocycles. The number of hydrogen-bond acceptors (Lipinski definition) is 4. The van der Waals surface area contributed by atoms with Crippen LogP contribution in [0, 0.1) is 0 Å². The SMILES string of the molecule is CC(C)n1nccc1Nc1ccc(C(N)=S)nc1. The Labute approximate surface area is 111 Å². The highest BCUT2D eigenvalue weighted by atomic mass is 32.1. The van der Waals surface area contributed by atoms with Crippen LogP contribution >= 0.6 is 12.2 Å². The standard InChI is InChI=1S/C12H15N5S/c1-8(2)17-11(5-6-15-17)16-9-3-4-10(12(13)18)14-7-9/h3-8,16H,1-2H3,(H2,13,18). The van der Waals surface area contributed by atoms with E-state index in [1.54, 1.807) is 18.5 Å². The first-order valence-electron chi connectivity index (χ1n) is 5.64. The molecule has 0 atom stereocenters. The van der Waals surface area contributed by atoms with E-state index in [2.05, 4.69) is 29.2 Å². The van der Waals surface area contributed by atoms with Gasteiger partial charge in [-0.15, -0.1) is 0 Å². The molecule has 2 heterocycles. The van der Waals surface area contributed by atoms with Crippen LogP contribution < -0.4 is 11.1 Å². The topological polar surface area (TPSA) is 68.8 Å². The van der Waals surface area contributed by atoms with E-state index >= 15 is 0 Å². The van der Waals surface area contributed by atoms with Gasteiger partial charge in [-0.05, 0) is 26.0 Å². The zero-order chi connectivity index (χ0) is 13.1. The van der Waals surface area contributed by atoms with Gasteiger partial charge in [-0.3, -0.25) is 4.98 Å². The maximum Gasteiger partial charge on any atom is 0.128 e. The zero-order valence-electron chi connectivity index (χ0n) is 10.3. The molecule has 0 aliphatic carbocycles. The summed E-state index contributed by atoms with van der Waals surface area (Å²) in [4.78, 5) is 4.47. The van der Waals surface area contributed by atoms with Gasteiger partial charge in [-0.25, -0.2) is 4.68 Å². The highest BCUT2D eigenvalue weighted by molar-refractivity contribution is 7.80. The van der Waals surface area contributed by atoms with Crippen molar-refractivity contribution >= 4 is 28.7 Å². The molecule has 0 spiro atoms. The number of nitrogens with one attached hydrogen (secondary N) is 1. The van der Waals surface area contributed by atoms with Crippen LogP contribution in [0.25, 0.3) is 0 Å². The molecule has 0 aliphatic heterocycles. The van der Waals surface area contributed by atoms with Crippen molar-refractivity contribution < 1.29 is 0 Å². The molecular weight excluding hydrogens is 246 g/mol. The maximum atomic E-state index is 5.50. The van der Waals surface area contributed by atoms with Crippen LogP contribution in [0.1, 0.15) is 25.6 Å². The predicted molar refractivity (Wildman–Crippen MR) is 76.0 cm³/mol. The average molecular weight is 261 g/mol. The van der Waals surface area contributed by atoms with Crippen LogP contribution in [-0.2, 0) is 0 Å². The third-order valence-electron chi connectivity index (χ3n) is 2.45. The fourth-order valence-corrected chi connectivity index (χ4v) is 1.71.